The molecule has 1 aliphatic rings. The summed E-state index contributed by atoms with van der Waals surface area (Å²) in [6.07, 6.45) is 3.60. The van der Waals surface area contributed by atoms with Gasteiger partial charge in [-0.05, 0) is 19.0 Å². The summed E-state index contributed by atoms with van der Waals surface area (Å²) in [5.74, 6) is 0.453. The molecule has 1 heterocycles. The highest BCUT2D eigenvalue weighted by Gasteiger charge is 2.52. The molecular weight excluding hydrogens is 198 g/mol. The van der Waals surface area contributed by atoms with Crippen LogP contribution in [0.25, 0.3) is 0 Å². The van der Waals surface area contributed by atoms with Gasteiger partial charge in [-0.15, -0.1) is 0 Å². The largest absolute Gasteiger partial charge is 0.508 e. The first-order valence-electron chi connectivity index (χ1n) is 6.28. The van der Waals surface area contributed by atoms with Crippen LogP contribution in [-0.2, 0) is 5.54 Å². The van der Waals surface area contributed by atoms with E-state index < -0.39 is 0 Å². The third-order valence-electron chi connectivity index (χ3n) is 3.69. The second-order valence-corrected chi connectivity index (χ2v) is 4.67. The number of aromatic hydroxyl groups is 1. The fraction of sp³-hybridized carbons (Fsp3) is 0.571. The molecule has 1 fully saturated rings. The van der Waals surface area contributed by atoms with Crippen molar-refractivity contribution in [1.82, 2.24) is 4.90 Å². The van der Waals surface area contributed by atoms with Crippen molar-refractivity contribution in [2.24, 2.45) is 0 Å². The number of hydrogen-bond donors (Lipinski definition) is 1. The van der Waals surface area contributed by atoms with Gasteiger partial charge >= 0.3 is 0 Å². The lowest BCUT2D eigenvalue weighted by atomic mass is 9.92. The van der Waals surface area contributed by atoms with Crippen molar-refractivity contribution in [3.8, 4) is 5.75 Å². The van der Waals surface area contributed by atoms with Crippen molar-refractivity contribution in [3.05, 3.63) is 29.8 Å². The second kappa shape index (κ2) is 4.46. The molecule has 0 aliphatic carbocycles. The average Bonchev–Trinajstić information content (AvgIpc) is 3.02. The van der Waals surface area contributed by atoms with E-state index >= 15 is 0 Å². The van der Waals surface area contributed by atoms with Crippen LogP contribution in [0.4, 0.5) is 0 Å². The van der Waals surface area contributed by atoms with E-state index in [2.05, 4.69) is 24.8 Å². The molecule has 1 aliphatic heterocycles. The monoisotopic (exact) mass is 219 g/mol. The molecule has 1 saturated heterocycles. The van der Waals surface area contributed by atoms with Crippen LogP contribution in [0.15, 0.2) is 24.3 Å². The number of benzene rings is 1. The molecule has 0 bridgehead atoms. The van der Waals surface area contributed by atoms with Gasteiger partial charge in [0.05, 0.1) is 5.54 Å². The molecule has 1 N–H and O–H groups in total. The lowest BCUT2D eigenvalue weighted by Gasteiger charge is -2.18. The normalized spacial score (nSPS) is 28.0. The molecule has 0 radical (unpaired) electrons. The minimum Gasteiger partial charge on any atom is -0.508 e. The van der Waals surface area contributed by atoms with Crippen LogP contribution < -0.4 is 0 Å². The number of nitrogens with zero attached hydrogens (tertiary/aromatic N) is 1. The summed E-state index contributed by atoms with van der Waals surface area (Å²) in [5, 5.41) is 9.97. The van der Waals surface area contributed by atoms with Crippen molar-refractivity contribution in [2.75, 3.05) is 13.1 Å². The molecular formula is C14H21NO. The number of para-hydroxylation sites is 1. The van der Waals surface area contributed by atoms with Crippen molar-refractivity contribution in [2.45, 2.75) is 38.6 Å². The molecule has 0 aromatic heterocycles. The summed E-state index contributed by atoms with van der Waals surface area (Å²) in [6, 6.07) is 7.79. The number of phenols is 1. The molecule has 0 amide bonds. The van der Waals surface area contributed by atoms with Gasteiger partial charge in [-0.2, -0.15) is 0 Å². The highest BCUT2D eigenvalue weighted by Crippen LogP contribution is 2.49. The highest BCUT2D eigenvalue weighted by atomic mass is 16.3. The second-order valence-electron chi connectivity index (χ2n) is 4.67. The van der Waals surface area contributed by atoms with Gasteiger partial charge in [0.15, 0.2) is 0 Å². The summed E-state index contributed by atoms with van der Waals surface area (Å²) in [5.41, 5.74) is 1.25. The summed E-state index contributed by atoms with van der Waals surface area (Å²) >= 11 is 0. The predicted octanol–water partition coefficient (Wildman–Crippen LogP) is 3.11. The minimum absolute atomic E-state index is 0.135. The fourth-order valence-electron chi connectivity index (χ4n) is 2.66. The molecule has 1 aromatic carbocycles. The van der Waals surface area contributed by atoms with Crippen molar-refractivity contribution < 1.29 is 5.11 Å². The Labute approximate surface area is 97.9 Å². The summed E-state index contributed by atoms with van der Waals surface area (Å²) in [6.45, 7) is 6.57. The van der Waals surface area contributed by atoms with Crippen LogP contribution in [0.2, 0.25) is 0 Å². The van der Waals surface area contributed by atoms with Crippen LogP contribution >= 0.6 is 0 Å². The van der Waals surface area contributed by atoms with Crippen LogP contribution in [-0.4, -0.2) is 23.1 Å². The number of likely N-dealkylation sites (N-methyl/N-ethyl adjacent to an activating group) is 1. The minimum atomic E-state index is 0.135. The van der Waals surface area contributed by atoms with Crippen molar-refractivity contribution >= 4 is 0 Å². The third-order valence-corrected chi connectivity index (χ3v) is 3.69. The van der Waals surface area contributed by atoms with E-state index in [-0.39, 0.29) is 5.54 Å². The maximum absolute atomic E-state index is 9.97. The van der Waals surface area contributed by atoms with Crippen LogP contribution in [0, 0.1) is 0 Å². The standard InChI is InChI=1S/C14H21NO/c1-3-5-10-14(11-15(14)4-2)12-8-6-7-9-13(12)16/h6-9,16H,3-5,10-11H2,1-2H3. The Balaban J connectivity index is 2.24. The van der Waals surface area contributed by atoms with Gasteiger partial charge in [0.2, 0.25) is 0 Å². The van der Waals surface area contributed by atoms with Gasteiger partial charge < -0.3 is 5.11 Å². The molecule has 0 saturated carbocycles. The van der Waals surface area contributed by atoms with Gasteiger partial charge in [-0.1, -0.05) is 44.9 Å². The Morgan fingerprint density at radius 2 is 2.06 bits per heavy atom. The lowest BCUT2D eigenvalue weighted by Crippen LogP contribution is -2.16. The Kier molecular flexibility index (Phi) is 3.20. The third kappa shape index (κ3) is 1.82. The van der Waals surface area contributed by atoms with Crippen LogP contribution in [0.5, 0.6) is 5.75 Å². The zero-order chi connectivity index (χ0) is 11.6. The summed E-state index contributed by atoms with van der Waals surface area (Å²) in [4.78, 5) is 2.44. The topological polar surface area (TPSA) is 23.2 Å². The van der Waals surface area contributed by atoms with Crippen LogP contribution in [0.1, 0.15) is 38.7 Å². The maximum Gasteiger partial charge on any atom is 0.120 e. The van der Waals surface area contributed by atoms with Gasteiger partial charge in [-0.3, -0.25) is 4.90 Å². The quantitative estimate of drug-likeness (QED) is 0.769. The Bertz CT molecular complexity index is 364. The Hall–Kier alpha value is -1.02. The smallest absolute Gasteiger partial charge is 0.120 e. The lowest BCUT2D eigenvalue weighted by molar-refractivity contribution is 0.377. The zero-order valence-corrected chi connectivity index (χ0v) is 10.2. The summed E-state index contributed by atoms with van der Waals surface area (Å²) in [7, 11) is 0. The van der Waals surface area contributed by atoms with Crippen molar-refractivity contribution in [3.63, 3.8) is 0 Å². The Morgan fingerprint density at radius 3 is 2.62 bits per heavy atom. The van der Waals surface area contributed by atoms with E-state index in [0.29, 0.717) is 5.75 Å². The van der Waals surface area contributed by atoms with E-state index in [9.17, 15) is 5.11 Å². The maximum atomic E-state index is 9.97. The predicted molar refractivity (Wildman–Crippen MR) is 66.6 cm³/mol. The molecule has 16 heavy (non-hydrogen) atoms. The Morgan fingerprint density at radius 1 is 1.31 bits per heavy atom. The van der Waals surface area contributed by atoms with E-state index in [4.69, 9.17) is 0 Å². The molecule has 88 valence electrons. The first-order chi connectivity index (χ1) is 7.74. The number of unbranched alkanes of at least 4 members (excludes halogenated alkanes) is 1. The van der Waals surface area contributed by atoms with E-state index in [0.717, 1.165) is 25.1 Å². The molecule has 2 rings (SSSR count). The van der Waals surface area contributed by atoms with Gasteiger partial charge in [0.25, 0.3) is 0 Å². The van der Waals surface area contributed by atoms with Gasteiger partial charge in [0, 0.05) is 12.1 Å². The van der Waals surface area contributed by atoms with Crippen molar-refractivity contribution in [1.29, 1.82) is 0 Å². The number of phenolic OH excluding ortho intramolecular Hbond substituents is 1. The SMILES string of the molecule is CCCCC1(c2ccccc2O)CN1CC. The van der Waals surface area contributed by atoms with E-state index in [1.54, 1.807) is 6.07 Å². The zero-order valence-electron chi connectivity index (χ0n) is 10.2. The van der Waals surface area contributed by atoms with E-state index in [1.165, 1.54) is 12.8 Å². The molecule has 2 nitrogen and oxygen atoms in total. The van der Waals surface area contributed by atoms with Gasteiger partial charge in [-0.25, -0.2) is 0 Å². The highest BCUT2D eigenvalue weighted by molar-refractivity contribution is 5.42. The van der Waals surface area contributed by atoms with Crippen LogP contribution in [0.3, 0.4) is 0 Å². The summed E-state index contributed by atoms with van der Waals surface area (Å²) < 4.78 is 0. The fourth-order valence-corrected chi connectivity index (χ4v) is 2.66. The molecule has 2 atom stereocenters. The molecule has 2 unspecified atom stereocenters. The van der Waals surface area contributed by atoms with Gasteiger partial charge in [0.1, 0.15) is 5.75 Å². The first-order valence-corrected chi connectivity index (χ1v) is 6.28. The first kappa shape index (κ1) is 11.5. The number of rotatable bonds is 5. The van der Waals surface area contributed by atoms with E-state index in [1.807, 2.05) is 12.1 Å². The molecule has 0 spiro atoms. The molecule has 1 aromatic rings. The average molecular weight is 219 g/mol. The molecule has 2 heteroatoms. The number of hydrogen-bond acceptors (Lipinski definition) is 2.